The molecular weight excluding hydrogens is 376 g/mol. The number of hydrogen-bond donors (Lipinski definition) is 1. The number of thioether (sulfide) groups is 1. The maximum atomic E-state index is 12.5. The lowest BCUT2D eigenvalue weighted by Crippen LogP contribution is -2.44. The maximum absolute atomic E-state index is 12.5. The third-order valence-corrected chi connectivity index (χ3v) is 5.41. The highest BCUT2D eigenvalue weighted by molar-refractivity contribution is 8.26. The fraction of sp³-hybridized carbons (Fsp3) is 0.118. The second-order valence-corrected chi connectivity index (χ2v) is 7.56. The maximum Gasteiger partial charge on any atom is 0.285 e. The number of nitrogens with one attached hydrogen (secondary N) is 1. The molecule has 1 aliphatic heterocycles. The summed E-state index contributed by atoms with van der Waals surface area (Å²) in [5, 5.41) is 2.91. The summed E-state index contributed by atoms with van der Waals surface area (Å²) in [6, 6.07) is 10.9. The number of rotatable bonds is 5. The summed E-state index contributed by atoms with van der Waals surface area (Å²) < 4.78 is 5.70. The molecule has 0 atom stereocenters. The fourth-order valence-corrected chi connectivity index (χ4v) is 3.90. The minimum Gasteiger partial charge on any atom is -0.494 e. The Bertz CT molecular complexity index is 829. The van der Waals surface area contributed by atoms with Crippen molar-refractivity contribution in [1.29, 1.82) is 0 Å². The van der Waals surface area contributed by atoms with E-state index in [-0.39, 0.29) is 11.8 Å². The summed E-state index contributed by atoms with van der Waals surface area (Å²) in [5.74, 6) is 0.0813. The van der Waals surface area contributed by atoms with E-state index in [0.717, 1.165) is 28.1 Å². The molecule has 0 spiro atoms. The molecule has 1 aromatic carbocycles. The van der Waals surface area contributed by atoms with E-state index in [1.165, 1.54) is 11.3 Å². The SMILES string of the molecule is CCOc1ccc(/C=C2/SC(=S)N(NC(=O)c3cccs3)C2=O)cc1. The van der Waals surface area contributed by atoms with E-state index in [2.05, 4.69) is 5.43 Å². The van der Waals surface area contributed by atoms with E-state index < -0.39 is 0 Å². The van der Waals surface area contributed by atoms with Crippen molar-refractivity contribution in [3.8, 4) is 5.75 Å². The summed E-state index contributed by atoms with van der Waals surface area (Å²) >= 11 is 7.67. The van der Waals surface area contributed by atoms with Crippen molar-refractivity contribution in [2.45, 2.75) is 6.92 Å². The number of ether oxygens (including phenoxy) is 1. The van der Waals surface area contributed by atoms with Crippen molar-refractivity contribution in [2.24, 2.45) is 0 Å². The van der Waals surface area contributed by atoms with Crippen LogP contribution in [0.15, 0.2) is 46.7 Å². The number of benzene rings is 1. The molecule has 3 rings (SSSR count). The zero-order chi connectivity index (χ0) is 17.8. The number of amides is 2. The van der Waals surface area contributed by atoms with Crippen molar-refractivity contribution < 1.29 is 14.3 Å². The lowest BCUT2D eigenvalue weighted by molar-refractivity contribution is -0.123. The van der Waals surface area contributed by atoms with Crippen molar-refractivity contribution >= 4 is 57.5 Å². The van der Waals surface area contributed by atoms with Crippen LogP contribution in [0.4, 0.5) is 0 Å². The number of hydrogen-bond acceptors (Lipinski definition) is 6. The molecule has 2 aromatic rings. The zero-order valence-electron chi connectivity index (χ0n) is 13.2. The van der Waals surface area contributed by atoms with E-state index in [0.29, 0.717) is 20.7 Å². The predicted octanol–water partition coefficient (Wildman–Crippen LogP) is 3.69. The highest BCUT2D eigenvalue weighted by atomic mass is 32.2. The topological polar surface area (TPSA) is 58.6 Å². The first-order valence-electron chi connectivity index (χ1n) is 7.44. The Hall–Kier alpha value is -2.16. The second kappa shape index (κ2) is 7.81. The lowest BCUT2D eigenvalue weighted by atomic mass is 10.2. The Morgan fingerprint density at radius 1 is 1.32 bits per heavy atom. The van der Waals surface area contributed by atoms with Gasteiger partial charge in [-0.25, -0.2) is 0 Å². The van der Waals surface area contributed by atoms with Gasteiger partial charge < -0.3 is 4.74 Å². The number of thiocarbonyl (C=S) groups is 1. The Morgan fingerprint density at radius 3 is 2.72 bits per heavy atom. The van der Waals surface area contributed by atoms with Crippen LogP contribution in [0, 0.1) is 0 Å². The highest BCUT2D eigenvalue weighted by Crippen LogP contribution is 2.31. The number of carbonyl (C=O) groups is 2. The molecule has 1 saturated heterocycles. The molecule has 128 valence electrons. The molecule has 1 N–H and O–H groups in total. The summed E-state index contributed by atoms with van der Waals surface area (Å²) in [5.41, 5.74) is 3.41. The Balaban J connectivity index is 1.73. The molecule has 0 aliphatic carbocycles. The van der Waals surface area contributed by atoms with Crippen LogP contribution in [0.2, 0.25) is 0 Å². The first kappa shape index (κ1) is 17.7. The molecular formula is C17H14N2O3S3. The Labute approximate surface area is 158 Å². The number of nitrogens with zero attached hydrogens (tertiary/aromatic N) is 1. The quantitative estimate of drug-likeness (QED) is 0.623. The Morgan fingerprint density at radius 2 is 2.08 bits per heavy atom. The average molecular weight is 391 g/mol. The minimum absolute atomic E-state index is 0.298. The number of hydrazine groups is 1. The average Bonchev–Trinajstić information content (AvgIpc) is 3.22. The van der Waals surface area contributed by atoms with Crippen LogP contribution in [0.5, 0.6) is 5.75 Å². The fourth-order valence-electron chi connectivity index (χ4n) is 2.11. The molecule has 0 radical (unpaired) electrons. The summed E-state index contributed by atoms with van der Waals surface area (Å²) in [7, 11) is 0. The van der Waals surface area contributed by atoms with E-state index in [9.17, 15) is 9.59 Å². The molecule has 5 nitrogen and oxygen atoms in total. The molecule has 0 bridgehead atoms. The van der Waals surface area contributed by atoms with Crippen LogP contribution in [-0.2, 0) is 4.79 Å². The van der Waals surface area contributed by atoms with Gasteiger partial charge in [0, 0.05) is 0 Å². The number of carbonyl (C=O) groups excluding carboxylic acids is 2. The number of thiophene rings is 1. The molecule has 0 saturated carbocycles. The minimum atomic E-state index is -0.353. The van der Waals surface area contributed by atoms with E-state index >= 15 is 0 Å². The third-order valence-electron chi connectivity index (χ3n) is 3.24. The molecule has 2 amide bonds. The van der Waals surface area contributed by atoms with Crippen LogP contribution in [0.1, 0.15) is 22.2 Å². The van der Waals surface area contributed by atoms with Crippen molar-refractivity contribution in [3.63, 3.8) is 0 Å². The monoisotopic (exact) mass is 390 g/mol. The van der Waals surface area contributed by atoms with Gasteiger partial charge in [0.15, 0.2) is 4.32 Å². The standard InChI is InChI=1S/C17H14N2O3S3/c1-2-22-12-7-5-11(6-8-12)10-14-16(21)19(17(23)25-14)18-15(20)13-4-3-9-24-13/h3-10H,2H2,1H3,(H,18,20)/b14-10+. The molecule has 8 heteroatoms. The van der Waals surface area contributed by atoms with E-state index in [1.54, 1.807) is 23.6 Å². The van der Waals surface area contributed by atoms with Crippen LogP contribution >= 0.6 is 35.3 Å². The smallest absolute Gasteiger partial charge is 0.285 e. The van der Waals surface area contributed by atoms with Gasteiger partial charge in [-0.2, -0.15) is 5.01 Å². The zero-order valence-corrected chi connectivity index (χ0v) is 15.7. The van der Waals surface area contributed by atoms with E-state index in [1.807, 2.05) is 31.2 Å². The summed E-state index contributed by atoms with van der Waals surface area (Å²) in [6.45, 7) is 2.52. The molecule has 1 fully saturated rings. The predicted molar refractivity (Wildman–Crippen MR) is 104 cm³/mol. The van der Waals surface area contributed by atoms with Gasteiger partial charge in [0.2, 0.25) is 0 Å². The van der Waals surface area contributed by atoms with Crippen LogP contribution in [0.3, 0.4) is 0 Å². The molecule has 0 unspecified atom stereocenters. The van der Waals surface area contributed by atoms with Gasteiger partial charge in [0.1, 0.15) is 5.75 Å². The lowest BCUT2D eigenvalue weighted by Gasteiger charge is -2.14. The third kappa shape index (κ3) is 4.09. The molecule has 25 heavy (non-hydrogen) atoms. The van der Waals surface area contributed by atoms with Gasteiger partial charge in [0.05, 0.1) is 16.4 Å². The second-order valence-electron chi connectivity index (χ2n) is 4.94. The van der Waals surface area contributed by atoms with Crippen LogP contribution < -0.4 is 10.2 Å². The summed E-state index contributed by atoms with van der Waals surface area (Å²) in [4.78, 5) is 25.6. The summed E-state index contributed by atoms with van der Waals surface area (Å²) in [6.07, 6.45) is 1.74. The van der Waals surface area contributed by atoms with Crippen LogP contribution in [-0.4, -0.2) is 27.8 Å². The largest absolute Gasteiger partial charge is 0.494 e. The highest BCUT2D eigenvalue weighted by Gasteiger charge is 2.33. The molecule has 2 heterocycles. The Kier molecular flexibility index (Phi) is 5.52. The van der Waals surface area contributed by atoms with Gasteiger partial charge in [-0.1, -0.05) is 30.0 Å². The van der Waals surface area contributed by atoms with Gasteiger partial charge in [-0.3, -0.25) is 15.0 Å². The van der Waals surface area contributed by atoms with E-state index in [4.69, 9.17) is 17.0 Å². The van der Waals surface area contributed by atoms with Gasteiger partial charge in [-0.05, 0) is 54.4 Å². The van der Waals surface area contributed by atoms with Crippen molar-refractivity contribution in [1.82, 2.24) is 10.4 Å². The first-order chi connectivity index (χ1) is 12.1. The van der Waals surface area contributed by atoms with Crippen molar-refractivity contribution in [2.75, 3.05) is 6.61 Å². The van der Waals surface area contributed by atoms with Crippen molar-refractivity contribution in [3.05, 3.63) is 57.1 Å². The molecule has 1 aliphatic rings. The van der Waals surface area contributed by atoms with Gasteiger partial charge in [-0.15, -0.1) is 11.3 Å². The molecule has 1 aromatic heterocycles. The van der Waals surface area contributed by atoms with Crippen LogP contribution in [0.25, 0.3) is 6.08 Å². The van der Waals surface area contributed by atoms with Gasteiger partial charge >= 0.3 is 0 Å². The normalized spacial score (nSPS) is 15.7. The first-order valence-corrected chi connectivity index (χ1v) is 9.54. The van der Waals surface area contributed by atoms with Gasteiger partial charge in [0.25, 0.3) is 11.8 Å².